The number of imidazole rings is 3. The van der Waals surface area contributed by atoms with Crippen molar-refractivity contribution in [1.29, 1.82) is 0 Å². The molecular formula is C28H30FN9O. The highest BCUT2D eigenvalue weighted by Gasteiger charge is 2.22. The Kier molecular flexibility index (Phi) is 5.67. The molecular weight excluding hydrogens is 497 g/mol. The van der Waals surface area contributed by atoms with Gasteiger partial charge in [-0.2, -0.15) is 5.10 Å². The summed E-state index contributed by atoms with van der Waals surface area (Å²) in [6.07, 6.45) is 6.95. The highest BCUT2D eigenvalue weighted by Crippen LogP contribution is 2.35. The summed E-state index contributed by atoms with van der Waals surface area (Å²) in [5.74, 6) is 0.242. The molecule has 0 atom stereocenters. The molecule has 0 aliphatic rings. The first-order chi connectivity index (χ1) is 18.7. The van der Waals surface area contributed by atoms with Crippen LogP contribution in [0.1, 0.15) is 20.8 Å². The van der Waals surface area contributed by atoms with E-state index in [9.17, 15) is 4.79 Å². The van der Waals surface area contributed by atoms with Crippen molar-refractivity contribution in [1.82, 2.24) is 38.0 Å². The Labute approximate surface area is 223 Å². The van der Waals surface area contributed by atoms with Gasteiger partial charge in [0.1, 0.15) is 11.5 Å². The highest BCUT2D eigenvalue weighted by atomic mass is 19.1. The van der Waals surface area contributed by atoms with Crippen molar-refractivity contribution in [2.24, 2.45) is 21.1 Å². The van der Waals surface area contributed by atoms with Crippen molar-refractivity contribution >= 4 is 27.8 Å². The Bertz CT molecular complexity index is 1930. The van der Waals surface area contributed by atoms with E-state index >= 15 is 4.39 Å². The molecule has 0 fully saturated rings. The lowest BCUT2D eigenvalue weighted by atomic mass is 10.1. The summed E-state index contributed by atoms with van der Waals surface area (Å²) in [7, 11) is 5.41. The molecule has 6 rings (SSSR count). The normalized spacial score (nSPS) is 11.9. The van der Waals surface area contributed by atoms with Crippen molar-refractivity contribution in [3.05, 3.63) is 65.5 Å². The number of halogens is 1. The number of hydrogen-bond acceptors (Lipinski definition) is 5. The lowest BCUT2D eigenvalue weighted by Gasteiger charge is -2.16. The number of anilines is 1. The van der Waals surface area contributed by atoms with Crippen LogP contribution in [-0.4, -0.2) is 44.1 Å². The molecule has 6 aromatic rings. The Morgan fingerprint density at radius 3 is 2.49 bits per heavy atom. The molecule has 0 amide bonds. The zero-order valence-corrected chi connectivity index (χ0v) is 22.8. The molecule has 11 heteroatoms. The van der Waals surface area contributed by atoms with Crippen LogP contribution in [0.25, 0.3) is 50.4 Å². The molecule has 0 spiro atoms. The van der Waals surface area contributed by atoms with Crippen LogP contribution in [0.3, 0.4) is 0 Å². The van der Waals surface area contributed by atoms with E-state index in [4.69, 9.17) is 4.98 Å². The van der Waals surface area contributed by atoms with E-state index in [0.29, 0.717) is 34.5 Å². The molecule has 2 aromatic carbocycles. The van der Waals surface area contributed by atoms with Gasteiger partial charge >= 0.3 is 5.69 Å². The first kappa shape index (κ1) is 24.7. The van der Waals surface area contributed by atoms with Crippen molar-refractivity contribution in [3.63, 3.8) is 0 Å². The molecule has 0 saturated heterocycles. The van der Waals surface area contributed by atoms with Crippen molar-refractivity contribution in [2.75, 3.05) is 5.32 Å². The van der Waals surface area contributed by atoms with Gasteiger partial charge in [-0.3, -0.25) is 18.4 Å². The van der Waals surface area contributed by atoms with Crippen LogP contribution in [0.2, 0.25) is 0 Å². The third-order valence-electron chi connectivity index (χ3n) is 7.10. The van der Waals surface area contributed by atoms with E-state index in [1.165, 1.54) is 6.07 Å². The predicted molar refractivity (Wildman–Crippen MR) is 151 cm³/mol. The topological polar surface area (TPSA) is 92.4 Å². The summed E-state index contributed by atoms with van der Waals surface area (Å²) in [6, 6.07) is 7.34. The second-order valence-corrected chi connectivity index (χ2v) is 10.1. The van der Waals surface area contributed by atoms with Gasteiger partial charge in [-0.15, -0.1) is 0 Å². The minimum absolute atomic E-state index is 0.124. The van der Waals surface area contributed by atoms with Crippen LogP contribution < -0.4 is 11.0 Å². The number of aromatic nitrogens is 8. The standard InChI is InChI=1S/C28H30FN9O/c1-7-37-14-17(12-31-37)19-10-21-23(11-20(19)29)38(27(33-21)25-13-30-15-34(25)4)18-8-22(32-16(2)3)26-24(9-18)35(5)28(39)36(26)6/h8-16,32H,7H2,1-6H3. The number of fused-ring (bicyclic) bond motifs is 2. The van der Waals surface area contributed by atoms with Crippen molar-refractivity contribution < 1.29 is 4.39 Å². The van der Waals surface area contributed by atoms with E-state index in [0.717, 1.165) is 28.1 Å². The molecule has 0 saturated carbocycles. The molecule has 0 radical (unpaired) electrons. The van der Waals surface area contributed by atoms with E-state index in [1.807, 2.05) is 55.3 Å². The molecule has 10 nitrogen and oxygen atoms in total. The molecule has 0 unspecified atom stereocenters. The molecule has 1 N–H and O–H groups in total. The van der Waals surface area contributed by atoms with Crippen LogP contribution in [-0.2, 0) is 27.7 Å². The maximum Gasteiger partial charge on any atom is 0.328 e. The van der Waals surface area contributed by atoms with E-state index in [-0.39, 0.29) is 17.5 Å². The van der Waals surface area contributed by atoms with Gasteiger partial charge in [0.15, 0.2) is 5.82 Å². The minimum atomic E-state index is -0.371. The first-order valence-electron chi connectivity index (χ1n) is 12.9. The second-order valence-electron chi connectivity index (χ2n) is 10.1. The van der Waals surface area contributed by atoms with Gasteiger partial charge in [0, 0.05) is 57.1 Å². The maximum atomic E-state index is 15.7. The van der Waals surface area contributed by atoms with Gasteiger partial charge in [-0.05, 0) is 39.0 Å². The third kappa shape index (κ3) is 3.84. The smallest absolute Gasteiger partial charge is 0.328 e. The third-order valence-corrected chi connectivity index (χ3v) is 7.10. The summed E-state index contributed by atoms with van der Waals surface area (Å²) < 4.78 is 24.5. The van der Waals surface area contributed by atoms with Crippen molar-refractivity contribution in [3.8, 4) is 28.3 Å². The molecule has 0 aliphatic heterocycles. The fourth-order valence-electron chi connectivity index (χ4n) is 5.19. The molecule has 0 bridgehead atoms. The van der Waals surface area contributed by atoms with Gasteiger partial charge in [0.05, 0.1) is 52.2 Å². The summed E-state index contributed by atoms with van der Waals surface area (Å²) in [4.78, 5) is 22.2. The van der Waals surface area contributed by atoms with Crippen LogP contribution in [0, 0.1) is 5.82 Å². The van der Waals surface area contributed by atoms with E-state index in [2.05, 4.69) is 15.4 Å². The van der Waals surface area contributed by atoms with E-state index < -0.39 is 0 Å². The average Bonchev–Trinajstić information content (AvgIpc) is 3.67. The summed E-state index contributed by atoms with van der Waals surface area (Å²) >= 11 is 0. The maximum absolute atomic E-state index is 15.7. The fraction of sp³-hybridized carbons (Fsp3) is 0.286. The van der Waals surface area contributed by atoms with Gasteiger partial charge in [-0.1, -0.05) is 0 Å². The monoisotopic (exact) mass is 527 g/mol. The number of nitrogens with zero attached hydrogens (tertiary/aromatic N) is 8. The highest BCUT2D eigenvalue weighted by molar-refractivity contribution is 5.94. The predicted octanol–water partition coefficient (Wildman–Crippen LogP) is 4.46. The Hall–Kier alpha value is -4.67. The Balaban J connectivity index is 1.68. The number of rotatable bonds is 6. The molecule has 0 aliphatic carbocycles. The van der Waals surface area contributed by atoms with Gasteiger partial charge in [0.2, 0.25) is 0 Å². The fourth-order valence-corrected chi connectivity index (χ4v) is 5.19. The first-order valence-corrected chi connectivity index (χ1v) is 12.9. The minimum Gasteiger partial charge on any atom is -0.381 e. The Morgan fingerprint density at radius 1 is 1.03 bits per heavy atom. The lowest BCUT2D eigenvalue weighted by Crippen LogP contribution is -2.19. The number of benzene rings is 2. The number of aryl methyl sites for hydroxylation is 4. The Morgan fingerprint density at radius 2 is 1.82 bits per heavy atom. The molecule has 4 aromatic heterocycles. The average molecular weight is 528 g/mol. The summed E-state index contributed by atoms with van der Waals surface area (Å²) in [5.41, 5.74) is 6.11. The van der Waals surface area contributed by atoms with Gasteiger partial charge in [-0.25, -0.2) is 19.2 Å². The molecule has 4 heterocycles. The summed E-state index contributed by atoms with van der Waals surface area (Å²) in [6.45, 7) is 6.77. The largest absolute Gasteiger partial charge is 0.381 e. The quantitative estimate of drug-likeness (QED) is 0.345. The number of nitrogens with one attached hydrogen (secondary N) is 1. The SMILES string of the molecule is CCn1cc(-c2cc3nc(-c4cncn4C)n(-c4cc(NC(C)C)c5c(c4)n(C)c(=O)n5C)c3cc2F)cn1. The van der Waals surface area contributed by atoms with Gasteiger partial charge in [0.25, 0.3) is 0 Å². The van der Waals surface area contributed by atoms with E-state index in [1.54, 1.807) is 52.7 Å². The molecule has 200 valence electrons. The van der Waals surface area contributed by atoms with Crippen LogP contribution in [0.15, 0.2) is 54.0 Å². The molecule has 39 heavy (non-hydrogen) atoms. The lowest BCUT2D eigenvalue weighted by molar-refractivity contribution is 0.632. The second kappa shape index (κ2) is 8.97. The number of hydrogen-bond donors (Lipinski definition) is 1. The summed E-state index contributed by atoms with van der Waals surface area (Å²) in [5, 5.41) is 7.80. The zero-order chi connectivity index (χ0) is 27.6. The van der Waals surface area contributed by atoms with Crippen LogP contribution >= 0.6 is 0 Å². The van der Waals surface area contributed by atoms with Crippen LogP contribution in [0.5, 0.6) is 0 Å². The van der Waals surface area contributed by atoms with Gasteiger partial charge < -0.3 is 9.88 Å². The zero-order valence-electron chi connectivity index (χ0n) is 22.8. The van der Waals surface area contributed by atoms with Crippen LogP contribution in [0.4, 0.5) is 10.1 Å². The van der Waals surface area contributed by atoms with Crippen molar-refractivity contribution in [2.45, 2.75) is 33.4 Å².